The number of methoxy groups -OCH3 is 1. The normalized spacial score (nSPS) is 10.3. The quantitative estimate of drug-likeness (QED) is 0.468. The minimum absolute atomic E-state index is 0.0195. The molecule has 1 amide bonds. The summed E-state index contributed by atoms with van der Waals surface area (Å²) in [6.07, 6.45) is 1.81. The van der Waals surface area contributed by atoms with E-state index >= 15 is 0 Å². The third-order valence-corrected chi connectivity index (χ3v) is 3.07. The van der Waals surface area contributed by atoms with Crippen LogP contribution < -0.4 is 5.32 Å². The molecular weight excluding hydrogens is 298 g/mol. The molecule has 6 nitrogen and oxygen atoms in total. The summed E-state index contributed by atoms with van der Waals surface area (Å²) in [6.45, 7) is 1.91. The Kier molecular flexibility index (Phi) is 10.5. The van der Waals surface area contributed by atoms with Gasteiger partial charge in [-0.05, 0) is 18.4 Å². The van der Waals surface area contributed by atoms with E-state index in [4.69, 9.17) is 9.47 Å². The van der Waals surface area contributed by atoms with Gasteiger partial charge in [-0.1, -0.05) is 30.3 Å². The number of hydrogen-bond acceptors (Lipinski definition) is 5. The van der Waals surface area contributed by atoms with E-state index < -0.39 is 0 Å². The Hall–Kier alpha value is -1.92. The van der Waals surface area contributed by atoms with Crippen molar-refractivity contribution in [1.82, 2.24) is 5.32 Å². The number of hydrogen-bond donors (Lipinski definition) is 1. The second-order valence-electron chi connectivity index (χ2n) is 4.97. The lowest BCUT2D eigenvalue weighted by Crippen LogP contribution is -2.29. The van der Waals surface area contributed by atoms with Gasteiger partial charge in [-0.25, -0.2) is 0 Å². The number of benzene rings is 1. The highest BCUT2D eigenvalue weighted by molar-refractivity contribution is 5.77. The first-order valence-corrected chi connectivity index (χ1v) is 7.75. The molecule has 0 atom stereocenters. The van der Waals surface area contributed by atoms with Gasteiger partial charge in [0.2, 0.25) is 5.91 Å². The molecule has 0 saturated heterocycles. The highest BCUT2D eigenvalue weighted by Crippen LogP contribution is 2.00. The summed E-state index contributed by atoms with van der Waals surface area (Å²) < 4.78 is 15.2. The van der Waals surface area contributed by atoms with Crippen molar-refractivity contribution < 1.29 is 23.8 Å². The van der Waals surface area contributed by atoms with Gasteiger partial charge >= 0.3 is 5.97 Å². The predicted molar refractivity (Wildman–Crippen MR) is 85.8 cm³/mol. The number of nitrogens with one attached hydrogen (secondary N) is 1. The van der Waals surface area contributed by atoms with Gasteiger partial charge < -0.3 is 19.5 Å². The van der Waals surface area contributed by atoms with E-state index in [9.17, 15) is 9.59 Å². The average molecular weight is 323 g/mol. The van der Waals surface area contributed by atoms with E-state index in [1.165, 1.54) is 7.11 Å². The Morgan fingerprint density at radius 3 is 2.52 bits per heavy atom. The summed E-state index contributed by atoms with van der Waals surface area (Å²) in [7, 11) is 1.37. The molecule has 0 aromatic heterocycles. The molecule has 0 unspecified atom stereocenters. The van der Waals surface area contributed by atoms with Crippen molar-refractivity contribution in [2.24, 2.45) is 0 Å². The van der Waals surface area contributed by atoms with Crippen LogP contribution in [0.2, 0.25) is 0 Å². The Balaban J connectivity index is 1.89. The van der Waals surface area contributed by atoms with Gasteiger partial charge in [-0.3, -0.25) is 9.59 Å². The minimum Gasteiger partial charge on any atom is -0.469 e. The molecule has 1 aromatic rings. The lowest BCUT2D eigenvalue weighted by molar-refractivity contribution is -0.140. The predicted octanol–water partition coefficient (Wildman–Crippen LogP) is 1.68. The molecule has 0 bridgehead atoms. The standard InChI is InChI=1S/C17H25NO5/c1-21-17(20)9-5-6-10-18-16(19)14-23-12-11-22-13-15-7-3-2-4-8-15/h2-4,7-8H,5-6,9-14H2,1H3,(H,18,19). The third kappa shape index (κ3) is 10.4. The molecule has 1 N–H and O–H groups in total. The fourth-order valence-electron chi connectivity index (χ4n) is 1.82. The van der Waals surface area contributed by atoms with Crippen molar-refractivity contribution in [3.63, 3.8) is 0 Å². The van der Waals surface area contributed by atoms with E-state index in [1.807, 2.05) is 30.3 Å². The average Bonchev–Trinajstić information content (AvgIpc) is 2.58. The van der Waals surface area contributed by atoms with Crippen LogP contribution in [0.1, 0.15) is 24.8 Å². The van der Waals surface area contributed by atoms with Gasteiger partial charge in [0.1, 0.15) is 6.61 Å². The lowest BCUT2D eigenvalue weighted by atomic mass is 10.2. The Labute approximate surface area is 137 Å². The molecule has 1 aromatic carbocycles. The van der Waals surface area contributed by atoms with E-state index in [2.05, 4.69) is 10.1 Å². The van der Waals surface area contributed by atoms with Gasteiger partial charge in [-0.2, -0.15) is 0 Å². The monoisotopic (exact) mass is 323 g/mol. The molecule has 0 aliphatic heterocycles. The van der Waals surface area contributed by atoms with Crippen LogP contribution in [0.4, 0.5) is 0 Å². The largest absolute Gasteiger partial charge is 0.469 e. The molecule has 0 radical (unpaired) electrons. The number of unbranched alkanes of at least 4 members (excludes halogenated alkanes) is 1. The van der Waals surface area contributed by atoms with Crippen molar-refractivity contribution in [2.45, 2.75) is 25.9 Å². The maximum Gasteiger partial charge on any atom is 0.305 e. The van der Waals surface area contributed by atoms with Crippen molar-refractivity contribution in [2.75, 3.05) is 33.5 Å². The van der Waals surface area contributed by atoms with Crippen LogP contribution in [0.3, 0.4) is 0 Å². The third-order valence-electron chi connectivity index (χ3n) is 3.07. The number of rotatable bonds is 12. The van der Waals surface area contributed by atoms with Crippen molar-refractivity contribution in [1.29, 1.82) is 0 Å². The van der Waals surface area contributed by atoms with E-state index in [0.29, 0.717) is 39.2 Å². The molecule has 23 heavy (non-hydrogen) atoms. The van der Waals surface area contributed by atoms with Gasteiger partial charge in [0.05, 0.1) is 26.9 Å². The summed E-state index contributed by atoms with van der Waals surface area (Å²) in [5.74, 6) is -0.388. The molecule has 0 spiro atoms. The number of amides is 1. The Bertz CT molecular complexity index is 450. The van der Waals surface area contributed by atoms with Gasteiger partial charge in [0.15, 0.2) is 0 Å². The zero-order chi connectivity index (χ0) is 16.8. The first-order chi connectivity index (χ1) is 11.2. The van der Waals surface area contributed by atoms with E-state index in [-0.39, 0.29) is 18.5 Å². The SMILES string of the molecule is COC(=O)CCCCNC(=O)COCCOCc1ccccc1. The first-order valence-electron chi connectivity index (χ1n) is 7.75. The zero-order valence-electron chi connectivity index (χ0n) is 13.6. The van der Waals surface area contributed by atoms with Crippen LogP contribution in [0, 0.1) is 0 Å². The molecule has 0 fully saturated rings. The minimum atomic E-state index is -0.227. The second-order valence-corrected chi connectivity index (χ2v) is 4.97. The van der Waals surface area contributed by atoms with Gasteiger partial charge in [-0.15, -0.1) is 0 Å². The zero-order valence-corrected chi connectivity index (χ0v) is 13.6. The lowest BCUT2D eigenvalue weighted by Gasteiger charge is -2.07. The fourth-order valence-corrected chi connectivity index (χ4v) is 1.82. The maximum atomic E-state index is 11.5. The van der Waals surface area contributed by atoms with Gasteiger partial charge in [0, 0.05) is 13.0 Å². The molecule has 1 rings (SSSR count). The fraction of sp³-hybridized carbons (Fsp3) is 0.529. The highest BCUT2D eigenvalue weighted by Gasteiger charge is 2.02. The topological polar surface area (TPSA) is 73.9 Å². The van der Waals surface area contributed by atoms with Crippen molar-refractivity contribution in [3.05, 3.63) is 35.9 Å². The van der Waals surface area contributed by atoms with Gasteiger partial charge in [0.25, 0.3) is 0 Å². The number of carbonyl (C=O) groups is 2. The molecule has 0 aliphatic rings. The van der Waals surface area contributed by atoms with Crippen molar-refractivity contribution >= 4 is 11.9 Å². The summed E-state index contributed by atoms with van der Waals surface area (Å²) >= 11 is 0. The van der Waals surface area contributed by atoms with Crippen LogP contribution in [0.15, 0.2) is 30.3 Å². The van der Waals surface area contributed by atoms with Crippen LogP contribution in [-0.4, -0.2) is 45.4 Å². The van der Waals surface area contributed by atoms with E-state index in [0.717, 1.165) is 12.0 Å². The molecule has 6 heteroatoms. The number of carbonyl (C=O) groups excluding carboxylic acids is 2. The smallest absolute Gasteiger partial charge is 0.305 e. The van der Waals surface area contributed by atoms with Crippen LogP contribution >= 0.6 is 0 Å². The van der Waals surface area contributed by atoms with Crippen LogP contribution in [0.5, 0.6) is 0 Å². The summed E-state index contributed by atoms with van der Waals surface area (Å²) in [5.41, 5.74) is 1.11. The Morgan fingerprint density at radius 1 is 1.04 bits per heavy atom. The number of esters is 1. The van der Waals surface area contributed by atoms with Crippen LogP contribution in [0.25, 0.3) is 0 Å². The molecule has 0 aliphatic carbocycles. The molecule has 0 heterocycles. The summed E-state index contributed by atoms with van der Waals surface area (Å²) in [4.78, 5) is 22.4. The Morgan fingerprint density at radius 2 is 1.78 bits per heavy atom. The first kappa shape index (κ1) is 19.1. The summed E-state index contributed by atoms with van der Waals surface area (Å²) in [6, 6.07) is 9.87. The van der Waals surface area contributed by atoms with Crippen molar-refractivity contribution in [3.8, 4) is 0 Å². The molecular formula is C17H25NO5. The maximum absolute atomic E-state index is 11.5. The van der Waals surface area contributed by atoms with E-state index in [1.54, 1.807) is 0 Å². The second kappa shape index (κ2) is 12.6. The van der Waals surface area contributed by atoms with Crippen LogP contribution in [-0.2, 0) is 30.4 Å². The molecule has 0 saturated carbocycles. The summed E-state index contributed by atoms with van der Waals surface area (Å²) in [5, 5.41) is 2.73. The molecule has 128 valence electrons. The highest BCUT2D eigenvalue weighted by atomic mass is 16.5. The number of ether oxygens (including phenoxy) is 3.